The fraction of sp³-hybridized carbons (Fsp3) is 0.419. The van der Waals surface area contributed by atoms with Gasteiger partial charge in [0.2, 0.25) is 0 Å². The molecular weight excluding hydrogens is 826 g/mol. The Balaban J connectivity index is 1.22. The largest absolute Gasteiger partial charge is 0.335 e. The summed E-state index contributed by atoms with van der Waals surface area (Å²) >= 11 is 0. The number of benzene rings is 6. The molecule has 4 aliphatic heterocycles. The van der Waals surface area contributed by atoms with Crippen molar-refractivity contribution in [1.82, 2.24) is 0 Å². The van der Waals surface area contributed by atoms with Crippen molar-refractivity contribution in [1.29, 1.82) is 0 Å². The van der Waals surface area contributed by atoms with Crippen LogP contribution in [0.25, 0.3) is 0 Å². The molecule has 67 heavy (non-hydrogen) atoms. The van der Waals surface area contributed by atoms with Crippen molar-refractivity contribution in [3.63, 3.8) is 0 Å². The zero-order valence-corrected chi connectivity index (χ0v) is 43.6. The average molecular weight is 898 g/mol. The topological polar surface area (TPSA) is 9.72 Å². The van der Waals surface area contributed by atoms with Gasteiger partial charge in [0.05, 0.1) is 19.2 Å². The number of hydrogen-bond acceptors (Lipinski definition) is 3. The highest BCUT2D eigenvalue weighted by Gasteiger charge is 2.64. The van der Waals surface area contributed by atoms with E-state index < -0.39 is 8.07 Å². The van der Waals surface area contributed by atoms with Crippen molar-refractivity contribution in [2.45, 2.75) is 166 Å². The summed E-state index contributed by atoms with van der Waals surface area (Å²) in [5, 5.41) is 1.60. The zero-order valence-electron chi connectivity index (χ0n) is 42.6. The van der Waals surface area contributed by atoms with Crippen LogP contribution in [-0.4, -0.2) is 25.9 Å². The van der Waals surface area contributed by atoms with Gasteiger partial charge in [0.15, 0.2) is 0 Å². The van der Waals surface area contributed by atoms with Gasteiger partial charge in [-0.25, -0.2) is 0 Å². The van der Waals surface area contributed by atoms with Crippen LogP contribution in [0.15, 0.2) is 121 Å². The summed E-state index contributed by atoms with van der Waals surface area (Å²) < 4.78 is 0. The van der Waals surface area contributed by atoms with Crippen LogP contribution in [0.2, 0.25) is 19.6 Å². The molecule has 342 valence electrons. The number of anilines is 7. The van der Waals surface area contributed by atoms with Gasteiger partial charge in [0.1, 0.15) is 0 Å². The molecule has 4 heterocycles. The first-order chi connectivity index (χ1) is 31.7. The number of nitrogens with zero attached hydrogens (tertiary/aromatic N) is 3. The third kappa shape index (κ3) is 5.70. The molecule has 0 amide bonds. The van der Waals surface area contributed by atoms with E-state index in [-0.39, 0.29) is 39.5 Å². The maximum absolute atomic E-state index is 2.97. The molecule has 6 aromatic carbocycles. The molecule has 0 aromatic heterocycles. The molecule has 2 aliphatic carbocycles. The van der Waals surface area contributed by atoms with Crippen molar-refractivity contribution in [2.24, 2.45) is 0 Å². The SMILES string of the molecule is CC(C)(C)c1ccc(N2c3ccc(C(C)(C)C)cc3B3c4cc([Si](C)(C)C)cc5c4N(c4cc(N6c7ccccc7C7(c8ccccc8)CCCCC67C)cc2c43)C2(C)CCCCC52C)cc1. The van der Waals surface area contributed by atoms with Crippen LogP contribution in [0.1, 0.15) is 141 Å². The minimum Gasteiger partial charge on any atom is -0.335 e. The minimum atomic E-state index is -1.74. The van der Waals surface area contributed by atoms with E-state index in [1.54, 1.807) is 10.8 Å². The smallest absolute Gasteiger partial charge is 0.252 e. The van der Waals surface area contributed by atoms with Gasteiger partial charge in [0.25, 0.3) is 6.71 Å². The predicted octanol–water partition coefficient (Wildman–Crippen LogP) is 14.0. The van der Waals surface area contributed by atoms with Crippen molar-refractivity contribution in [2.75, 3.05) is 14.7 Å². The van der Waals surface area contributed by atoms with Gasteiger partial charge in [-0.05, 0) is 131 Å². The molecule has 0 spiro atoms. The van der Waals surface area contributed by atoms with E-state index in [1.807, 2.05) is 0 Å². The Kier molecular flexibility index (Phi) is 9.08. The van der Waals surface area contributed by atoms with Crippen molar-refractivity contribution >= 4 is 76.2 Å². The zero-order chi connectivity index (χ0) is 46.8. The molecule has 4 unspecified atom stereocenters. The molecule has 0 N–H and O–H groups in total. The Hall–Kier alpha value is -5.00. The molecule has 12 rings (SSSR count). The van der Waals surface area contributed by atoms with Crippen molar-refractivity contribution in [3.8, 4) is 0 Å². The maximum Gasteiger partial charge on any atom is 0.252 e. The first-order valence-corrected chi connectivity index (χ1v) is 29.4. The van der Waals surface area contributed by atoms with Crippen LogP contribution in [0.4, 0.5) is 39.8 Å². The molecule has 2 fully saturated rings. The summed E-state index contributed by atoms with van der Waals surface area (Å²) in [5.74, 6) is 0. The van der Waals surface area contributed by atoms with Crippen LogP contribution >= 0.6 is 0 Å². The lowest BCUT2D eigenvalue weighted by Gasteiger charge is -2.54. The summed E-state index contributed by atoms with van der Waals surface area (Å²) in [7, 11) is -1.74. The number of rotatable bonds is 4. The van der Waals surface area contributed by atoms with Crippen LogP contribution in [-0.2, 0) is 21.7 Å². The van der Waals surface area contributed by atoms with Crippen LogP contribution in [0, 0.1) is 0 Å². The molecule has 0 radical (unpaired) electrons. The second kappa shape index (κ2) is 14.1. The molecule has 6 aromatic rings. The number of fused-ring (bicyclic) bond motifs is 10. The predicted molar refractivity (Wildman–Crippen MR) is 292 cm³/mol. The lowest BCUT2D eigenvalue weighted by atomic mass is 9.33. The van der Waals surface area contributed by atoms with Crippen LogP contribution in [0.3, 0.4) is 0 Å². The summed E-state index contributed by atoms with van der Waals surface area (Å²) in [6.45, 7) is 29.9. The Bertz CT molecular complexity index is 3010. The highest BCUT2D eigenvalue weighted by molar-refractivity contribution is 7.01. The molecule has 2 saturated carbocycles. The summed E-state index contributed by atoms with van der Waals surface area (Å²) in [4.78, 5) is 8.52. The lowest BCUT2D eigenvalue weighted by molar-refractivity contribution is 0.195. The van der Waals surface area contributed by atoms with E-state index in [1.165, 1.54) is 117 Å². The second-order valence-electron chi connectivity index (χ2n) is 25.5. The van der Waals surface area contributed by atoms with E-state index in [9.17, 15) is 0 Å². The summed E-state index contributed by atoms with van der Waals surface area (Å²) in [6.07, 6.45) is 9.70. The van der Waals surface area contributed by atoms with Crippen LogP contribution in [0.5, 0.6) is 0 Å². The van der Waals surface area contributed by atoms with Crippen molar-refractivity contribution in [3.05, 3.63) is 149 Å². The first kappa shape index (κ1) is 43.3. The molecule has 4 atom stereocenters. The van der Waals surface area contributed by atoms with Crippen LogP contribution < -0.4 is 36.3 Å². The van der Waals surface area contributed by atoms with E-state index in [2.05, 4.69) is 218 Å². The Labute approximate surface area is 404 Å². The van der Waals surface area contributed by atoms with E-state index in [4.69, 9.17) is 0 Å². The van der Waals surface area contributed by atoms with Gasteiger partial charge in [-0.15, -0.1) is 0 Å². The van der Waals surface area contributed by atoms with E-state index in [0.717, 1.165) is 12.8 Å². The fourth-order valence-electron chi connectivity index (χ4n) is 14.9. The second-order valence-corrected chi connectivity index (χ2v) is 30.5. The monoisotopic (exact) mass is 898 g/mol. The van der Waals surface area contributed by atoms with Gasteiger partial charge in [0, 0.05) is 50.6 Å². The molecule has 0 bridgehead atoms. The summed E-state index contributed by atoms with van der Waals surface area (Å²) in [6, 6.07) is 49.1. The molecule has 5 heteroatoms. The lowest BCUT2D eigenvalue weighted by Crippen LogP contribution is -2.65. The highest BCUT2D eigenvalue weighted by atomic mass is 28.3. The van der Waals surface area contributed by atoms with Crippen molar-refractivity contribution < 1.29 is 0 Å². The Morgan fingerprint density at radius 2 is 1.13 bits per heavy atom. The molecule has 6 aliphatic rings. The molecule has 3 nitrogen and oxygen atoms in total. The fourth-order valence-corrected chi connectivity index (χ4v) is 16.0. The third-order valence-corrected chi connectivity index (χ3v) is 20.8. The van der Waals surface area contributed by atoms with Gasteiger partial charge in [-0.1, -0.05) is 184 Å². The Morgan fingerprint density at radius 1 is 0.507 bits per heavy atom. The van der Waals surface area contributed by atoms with Gasteiger partial charge < -0.3 is 14.7 Å². The standard InChI is InChI=1S/C62H72BN3Si/c1-57(2,3)41-26-29-44(30-27-41)64-52-31-28-43(58(4,5)6)36-49(52)63-50-40-46(67(10,11)12)39-48-56(50)66(60(8)33-19-18-32-59(48,60)7)54-38-45(37-53(64)55(54)63)65-51-25-17-16-24-47(51)62(42-22-14-13-15-23-42)35-21-20-34-61(62,65)9/h13-17,22-31,36-40H,18-21,32-35H2,1-12H3. The Morgan fingerprint density at radius 3 is 1.84 bits per heavy atom. The number of para-hydroxylation sites is 1. The van der Waals surface area contributed by atoms with E-state index in [0.29, 0.717) is 0 Å². The summed E-state index contributed by atoms with van der Waals surface area (Å²) in [5.41, 5.74) is 21.0. The van der Waals surface area contributed by atoms with E-state index >= 15 is 0 Å². The first-order valence-electron chi connectivity index (χ1n) is 25.9. The normalized spacial score (nSPS) is 25.9. The minimum absolute atomic E-state index is 0.00371. The maximum atomic E-state index is 2.97. The van der Waals surface area contributed by atoms with Gasteiger partial charge in [-0.3, -0.25) is 0 Å². The molecular formula is C62H72BN3Si. The number of hydrogen-bond donors (Lipinski definition) is 0. The van der Waals surface area contributed by atoms with Gasteiger partial charge >= 0.3 is 0 Å². The third-order valence-electron chi connectivity index (χ3n) is 18.7. The quantitative estimate of drug-likeness (QED) is 0.163. The average Bonchev–Trinajstić information content (AvgIpc) is 3.66. The highest BCUT2D eigenvalue weighted by Crippen LogP contribution is 2.66. The molecule has 0 saturated heterocycles. The van der Waals surface area contributed by atoms with Gasteiger partial charge in [-0.2, -0.15) is 0 Å².